The zero-order valence-electron chi connectivity index (χ0n) is 20.5. The molecule has 0 saturated carbocycles. The van der Waals surface area contributed by atoms with Crippen LogP contribution in [-0.2, 0) is 26.3 Å². The molecular weight excluding hydrogens is 464 g/mol. The van der Waals surface area contributed by atoms with E-state index in [1.165, 1.54) is 4.90 Å². The smallest absolute Gasteiger partial charge is 0.250 e. The molecule has 0 radical (unpaired) electrons. The summed E-state index contributed by atoms with van der Waals surface area (Å²) >= 11 is 0. The van der Waals surface area contributed by atoms with Crippen LogP contribution < -0.4 is 15.5 Å². The van der Waals surface area contributed by atoms with E-state index in [-0.39, 0.29) is 17.7 Å². The molecule has 2 fully saturated rings. The summed E-state index contributed by atoms with van der Waals surface area (Å²) in [6, 6.07) is 20.6. The van der Waals surface area contributed by atoms with Crippen molar-refractivity contribution in [3.63, 3.8) is 0 Å². The van der Waals surface area contributed by atoms with E-state index in [4.69, 9.17) is 0 Å². The number of rotatable bonds is 3. The number of fused-ring (bicyclic) bond motifs is 5. The lowest BCUT2D eigenvalue weighted by atomic mass is 9.75. The van der Waals surface area contributed by atoms with Crippen LogP contribution in [0.4, 0.5) is 11.4 Å². The number of nitrogens with zero attached hydrogens (tertiary/aromatic N) is 1. The monoisotopic (exact) mass is 490 g/mol. The highest BCUT2D eigenvalue weighted by atomic mass is 16.2. The first-order valence-corrected chi connectivity index (χ1v) is 12.6. The summed E-state index contributed by atoms with van der Waals surface area (Å²) in [6.45, 7) is 3.94. The number of imide groups is 1. The fourth-order valence-electron chi connectivity index (χ4n) is 6.80. The lowest BCUT2D eigenvalue weighted by molar-refractivity contribution is -0.130. The molecule has 37 heavy (non-hydrogen) atoms. The number of amides is 3. The highest BCUT2D eigenvalue weighted by Gasteiger charge is 2.70. The zero-order valence-corrected chi connectivity index (χ0v) is 20.5. The molecule has 3 N–H and O–H groups in total. The number of aryl methyl sites for hydroxylation is 2. The van der Waals surface area contributed by atoms with Gasteiger partial charge in [0.15, 0.2) is 0 Å². The van der Waals surface area contributed by atoms with Crippen LogP contribution in [0.15, 0.2) is 72.9 Å². The number of benzene rings is 3. The van der Waals surface area contributed by atoms with Gasteiger partial charge in [-0.25, -0.2) is 4.90 Å². The van der Waals surface area contributed by atoms with Crippen LogP contribution in [0.3, 0.4) is 0 Å². The Balaban J connectivity index is 1.40. The summed E-state index contributed by atoms with van der Waals surface area (Å²) in [5.41, 5.74) is 4.70. The van der Waals surface area contributed by atoms with Crippen molar-refractivity contribution in [3.05, 3.63) is 95.2 Å². The third-order valence-electron chi connectivity index (χ3n) is 8.29. The minimum Gasteiger partial charge on any atom is -0.361 e. The second-order valence-corrected chi connectivity index (χ2v) is 10.4. The van der Waals surface area contributed by atoms with E-state index in [0.717, 1.165) is 38.8 Å². The first-order chi connectivity index (χ1) is 17.9. The molecular formula is C30H26N4O3. The third-order valence-corrected chi connectivity index (χ3v) is 8.29. The number of nitrogens with one attached hydrogen (secondary N) is 3. The van der Waals surface area contributed by atoms with Crippen LogP contribution in [-0.4, -0.2) is 28.7 Å². The number of aromatic amines is 1. The van der Waals surface area contributed by atoms with E-state index >= 15 is 0 Å². The predicted molar refractivity (Wildman–Crippen MR) is 141 cm³/mol. The van der Waals surface area contributed by atoms with Crippen LogP contribution in [0.5, 0.6) is 0 Å². The summed E-state index contributed by atoms with van der Waals surface area (Å²) in [7, 11) is 0. The van der Waals surface area contributed by atoms with Gasteiger partial charge in [-0.3, -0.25) is 19.7 Å². The molecule has 3 aliphatic heterocycles. The molecule has 3 aliphatic rings. The van der Waals surface area contributed by atoms with Crippen molar-refractivity contribution in [3.8, 4) is 0 Å². The quantitative estimate of drug-likeness (QED) is 0.379. The van der Waals surface area contributed by atoms with Gasteiger partial charge in [0.25, 0.3) is 0 Å². The van der Waals surface area contributed by atoms with Crippen LogP contribution >= 0.6 is 0 Å². The van der Waals surface area contributed by atoms with Gasteiger partial charge in [0.2, 0.25) is 17.7 Å². The largest absolute Gasteiger partial charge is 0.361 e. The molecule has 4 heterocycles. The van der Waals surface area contributed by atoms with E-state index in [2.05, 4.69) is 15.6 Å². The van der Waals surface area contributed by atoms with Crippen molar-refractivity contribution >= 4 is 40.0 Å². The van der Waals surface area contributed by atoms with Crippen molar-refractivity contribution in [2.24, 2.45) is 11.8 Å². The van der Waals surface area contributed by atoms with Crippen LogP contribution in [0.2, 0.25) is 0 Å². The Morgan fingerprint density at radius 3 is 2.49 bits per heavy atom. The lowest BCUT2D eigenvalue weighted by Gasteiger charge is -2.30. The Morgan fingerprint density at radius 2 is 1.68 bits per heavy atom. The fraction of sp³-hybridized carbons (Fsp3) is 0.233. The number of para-hydroxylation sites is 2. The number of anilines is 2. The topological polar surface area (TPSA) is 94.3 Å². The van der Waals surface area contributed by atoms with Gasteiger partial charge in [-0.05, 0) is 49.6 Å². The van der Waals surface area contributed by atoms with E-state index in [0.29, 0.717) is 12.1 Å². The maximum atomic E-state index is 14.1. The zero-order chi connectivity index (χ0) is 25.5. The average molecular weight is 491 g/mol. The van der Waals surface area contributed by atoms with Gasteiger partial charge >= 0.3 is 0 Å². The molecule has 0 aliphatic carbocycles. The molecule has 7 rings (SSSR count). The number of H-pyrrole nitrogens is 1. The fourth-order valence-corrected chi connectivity index (χ4v) is 6.80. The summed E-state index contributed by atoms with van der Waals surface area (Å²) in [5, 5.41) is 7.69. The number of hydrogen-bond acceptors (Lipinski definition) is 4. The molecule has 0 unspecified atom stereocenters. The summed E-state index contributed by atoms with van der Waals surface area (Å²) in [6.07, 6.45) is 2.46. The Morgan fingerprint density at radius 1 is 0.919 bits per heavy atom. The Labute approximate surface area is 213 Å². The van der Waals surface area contributed by atoms with Gasteiger partial charge < -0.3 is 10.3 Å². The maximum absolute atomic E-state index is 14.1. The van der Waals surface area contributed by atoms with E-state index in [1.807, 2.05) is 74.6 Å². The predicted octanol–water partition coefficient (Wildman–Crippen LogP) is 3.95. The maximum Gasteiger partial charge on any atom is 0.250 e. The first-order valence-electron chi connectivity index (χ1n) is 12.6. The standard InChI is InChI=1S/C30H26N4O3/c1-16-12-17(2)26-21(13-16)30(29(37)32-26)25-24(27(35)34(28(25)36)19-8-4-3-5-9-19)23(33-30)14-18-15-31-22-11-7-6-10-20(18)22/h3-13,15,23-25,31,33H,14H2,1-2H3,(H,32,37)/t23-,24+,25-,30+/m0/s1. The number of carbonyl (C=O) groups excluding carboxylic acids is 3. The van der Waals surface area contributed by atoms with Crippen molar-refractivity contribution < 1.29 is 14.4 Å². The normalized spacial score (nSPS) is 26.3. The number of hydrogen-bond donors (Lipinski definition) is 3. The highest BCUT2D eigenvalue weighted by molar-refractivity contribution is 6.26. The molecule has 3 amide bonds. The van der Waals surface area contributed by atoms with Gasteiger partial charge in [-0.2, -0.15) is 0 Å². The van der Waals surface area contributed by atoms with Crippen LogP contribution in [0.25, 0.3) is 10.9 Å². The molecule has 2 saturated heterocycles. The summed E-state index contributed by atoms with van der Waals surface area (Å²) in [4.78, 5) is 46.6. The minimum atomic E-state index is -1.32. The second kappa shape index (κ2) is 7.63. The van der Waals surface area contributed by atoms with E-state index in [1.54, 1.807) is 12.1 Å². The molecule has 0 bridgehead atoms. The van der Waals surface area contributed by atoms with Crippen molar-refractivity contribution in [1.82, 2.24) is 10.3 Å². The van der Waals surface area contributed by atoms with Crippen molar-refractivity contribution in [2.45, 2.75) is 31.8 Å². The molecule has 4 aromatic rings. The molecule has 7 heteroatoms. The highest BCUT2D eigenvalue weighted by Crippen LogP contribution is 2.54. The number of aromatic nitrogens is 1. The average Bonchev–Trinajstić information content (AvgIpc) is 3.60. The second-order valence-electron chi connectivity index (χ2n) is 10.4. The first kappa shape index (κ1) is 22.0. The van der Waals surface area contributed by atoms with Crippen molar-refractivity contribution in [1.29, 1.82) is 0 Å². The molecule has 1 aromatic heterocycles. The van der Waals surface area contributed by atoms with Gasteiger partial charge in [-0.15, -0.1) is 0 Å². The van der Waals surface area contributed by atoms with Gasteiger partial charge in [-0.1, -0.05) is 54.1 Å². The molecule has 4 atom stereocenters. The SMILES string of the molecule is Cc1cc(C)c2c(c1)[C@]1(N[C@@H](Cc3c[nH]c4ccccc34)[C@H]3C(=O)N(c4ccccc4)C(=O)[C@H]31)C(=O)N2. The molecule has 7 nitrogen and oxygen atoms in total. The third kappa shape index (κ3) is 2.89. The molecule has 184 valence electrons. The van der Waals surface area contributed by atoms with E-state index in [9.17, 15) is 14.4 Å². The summed E-state index contributed by atoms with van der Waals surface area (Å²) in [5.74, 6) is -2.40. The summed E-state index contributed by atoms with van der Waals surface area (Å²) < 4.78 is 0. The van der Waals surface area contributed by atoms with Gasteiger partial charge in [0, 0.05) is 34.4 Å². The Bertz CT molecular complexity index is 1620. The van der Waals surface area contributed by atoms with Crippen LogP contribution in [0, 0.1) is 25.7 Å². The van der Waals surface area contributed by atoms with Crippen molar-refractivity contribution in [2.75, 3.05) is 10.2 Å². The number of carbonyl (C=O) groups is 3. The molecule has 1 spiro atoms. The molecule has 3 aromatic carbocycles. The minimum absolute atomic E-state index is 0.263. The van der Waals surface area contributed by atoms with E-state index < -0.39 is 23.4 Å². The Hall–Kier alpha value is -4.23. The Kier molecular flexibility index (Phi) is 4.54. The van der Waals surface area contributed by atoms with Crippen LogP contribution in [0.1, 0.15) is 22.3 Å². The lowest BCUT2D eigenvalue weighted by Crippen LogP contribution is -2.53. The van der Waals surface area contributed by atoms with Gasteiger partial charge in [0.1, 0.15) is 5.54 Å². The van der Waals surface area contributed by atoms with Gasteiger partial charge in [0.05, 0.1) is 17.5 Å².